The van der Waals surface area contributed by atoms with Gasteiger partial charge in [0.25, 0.3) is 5.56 Å². The number of nitrogens with zero attached hydrogens (tertiary/aromatic N) is 3. The van der Waals surface area contributed by atoms with Gasteiger partial charge in [0.15, 0.2) is 0 Å². The van der Waals surface area contributed by atoms with E-state index in [2.05, 4.69) is 4.98 Å². The fraction of sp³-hybridized carbons (Fsp3) is 0.250. The lowest BCUT2D eigenvalue weighted by molar-refractivity contribution is -0.127. The van der Waals surface area contributed by atoms with E-state index in [1.54, 1.807) is 22.5 Å². The third-order valence-electron chi connectivity index (χ3n) is 4.02. The van der Waals surface area contributed by atoms with Crippen molar-refractivity contribution >= 4 is 23.3 Å². The molecule has 0 atom stereocenters. The minimum Gasteiger partial charge on any atom is -0.341 e. The Balaban J connectivity index is 1.57. The second-order valence-electron chi connectivity index (χ2n) is 6.25. The van der Waals surface area contributed by atoms with Gasteiger partial charge in [-0.2, -0.15) is 0 Å². The number of aryl methyl sites for hydroxylation is 1. The molecule has 1 amide bonds. The Kier molecular flexibility index (Phi) is 5.73. The molecule has 0 aliphatic rings. The molecule has 0 aliphatic carbocycles. The SMILES string of the molecule is Cc1ccc2nc(CSCC(=O)N(C)Cc3ccccc3)cc(=O)n2c1. The number of rotatable bonds is 6. The summed E-state index contributed by atoms with van der Waals surface area (Å²) in [6.45, 7) is 2.53. The fourth-order valence-corrected chi connectivity index (χ4v) is 3.48. The van der Waals surface area contributed by atoms with Crippen LogP contribution in [-0.2, 0) is 17.1 Å². The monoisotopic (exact) mass is 367 g/mol. The lowest BCUT2D eigenvalue weighted by Crippen LogP contribution is -2.27. The van der Waals surface area contributed by atoms with E-state index in [-0.39, 0.29) is 11.5 Å². The summed E-state index contributed by atoms with van der Waals surface area (Å²) < 4.78 is 1.54. The van der Waals surface area contributed by atoms with Gasteiger partial charge in [0.2, 0.25) is 5.91 Å². The van der Waals surface area contributed by atoms with E-state index >= 15 is 0 Å². The van der Waals surface area contributed by atoms with Crippen LogP contribution in [0.5, 0.6) is 0 Å². The maximum absolute atomic E-state index is 12.3. The molecule has 5 nitrogen and oxygen atoms in total. The zero-order chi connectivity index (χ0) is 18.5. The van der Waals surface area contributed by atoms with Gasteiger partial charge in [-0.1, -0.05) is 36.4 Å². The molecule has 0 aliphatic heterocycles. The largest absolute Gasteiger partial charge is 0.341 e. The third kappa shape index (κ3) is 4.52. The van der Waals surface area contributed by atoms with Crippen molar-refractivity contribution in [3.63, 3.8) is 0 Å². The first-order chi connectivity index (χ1) is 12.5. The van der Waals surface area contributed by atoms with Crippen LogP contribution in [-0.4, -0.2) is 33.0 Å². The van der Waals surface area contributed by atoms with Gasteiger partial charge in [0.05, 0.1) is 11.4 Å². The third-order valence-corrected chi connectivity index (χ3v) is 4.98. The van der Waals surface area contributed by atoms with E-state index in [0.29, 0.717) is 29.4 Å². The zero-order valence-corrected chi connectivity index (χ0v) is 15.7. The highest BCUT2D eigenvalue weighted by atomic mass is 32.2. The van der Waals surface area contributed by atoms with E-state index in [9.17, 15) is 9.59 Å². The number of pyridine rings is 1. The summed E-state index contributed by atoms with van der Waals surface area (Å²) in [5.74, 6) is 0.954. The molecule has 2 aromatic heterocycles. The van der Waals surface area contributed by atoms with E-state index < -0.39 is 0 Å². The molecule has 6 heteroatoms. The van der Waals surface area contributed by atoms with Gasteiger partial charge >= 0.3 is 0 Å². The highest BCUT2D eigenvalue weighted by Crippen LogP contribution is 2.12. The highest BCUT2D eigenvalue weighted by molar-refractivity contribution is 7.99. The topological polar surface area (TPSA) is 54.7 Å². The zero-order valence-electron chi connectivity index (χ0n) is 14.9. The Labute approximate surface area is 156 Å². The predicted octanol–water partition coefficient (Wildman–Crippen LogP) is 2.89. The minimum absolute atomic E-state index is 0.0620. The van der Waals surface area contributed by atoms with E-state index in [1.807, 2.05) is 49.4 Å². The van der Waals surface area contributed by atoms with Crippen molar-refractivity contribution in [2.24, 2.45) is 0 Å². The second-order valence-corrected chi connectivity index (χ2v) is 7.23. The van der Waals surface area contributed by atoms with Crippen LogP contribution >= 0.6 is 11.8 Å². The van der Waals surface area contributed by atoms with Crippen molar-refractivity contribution in [1.29, 1.82) is 0 Å². The number of benzene rings is 1. The molecule has 0 radical (unpaired) electrons. The van der Waals surface area contributed by atoms with Gasteiger partial charge in [0.1, 0.15) is 5.65 Å². The average Bonchev–Trinajstić information content (AvgIpc) is 2.63. The summed E-state index contributed by atoms with van der Waals surface area (Å²) >= 11 is 1.47. The van der Waals surface area contributed by atoms with Crippen molar-refractivity contribution < 1.29 is 4.79 Å². The van der Waals surface area contributed by atoms with Gasteiger partial charge in [0, 0.05) is 31.6 Å². The van der Waals surface area contributed by atoms with Crippen LogP contribution in [0.3, 0.4) is 0 Å². The summed E-state index contributed by atoms with van der Waals surface area (Å²) in [5, 5.41) is 0. The number of amides is 1. The van der Waals surface area contributed by atoms with Crippen LogP contribution in [0.1, 0.15) is 16.8 Å². The molecule has 0 saturated carbocycles. The first-order valence-electron chi connectivity index (χ1n) is 8.37. The number of hydrogen-bond acceptors (Lipinski definition) is 4. The molecular formula is C20H21N3O2S. The molecule has 3 aromatic rings. The number of hydrogen-bond donors (Lipinski definition) is 0. The molecule has 0 unspecified atom stereocenters. The van der Waals surface area contributed by atoms with Crippen LogP contribution in [0.4, 0.5) is 0 Å². The number of thioether (sulfide) groups is 1. The van der Waals surface area contributed by atoms with Crippen LogP contribution in [0.25, 0.3) is 5.65 Å². The quantitative estimate of drug-likeness (QED) is 0.672. The Morgan fingerprint density at radius 2 is 1.96 bits per heavy atom. The van der Waals surface area contributed by atoms with Gasteiger partial charge in [-0.15, -0.1) is 11.8 Å². The average molecular weight is 367 g/mol. The first kappa shape index (κ1) is 18.2. The Morgan fingerprint density at radius 3 is 2.73 bits per heavy atom. The molecule has 2 heterocycles. The normalized spacial score (nSPS) is 10.8. The minimum atomic E-state index is -0.0955. The van der Waals surface area contributed by atoms with Crippen molar-refractivity contribution in [1.82, 2.24) is 14.3 Å². The number of fused-ring (bicyclic) bond motifs is 1. The standard InChI is InChI=1S/C20H21N3O2S/c1-15-8-9-18-21-17(10-19(24)23(18)11-15)13-26-14-20(25)22(2)12-16-6-4-3-5-7-16/h3-11H,12-14H2,1-2H3. The molecule has 0 spiro atoms. The lowest BCUT2D eigenvalue weighted by atomic mass is 10.2. The first-order valence-corrected chi connectivity index (χ1v) is 9.53. The van der Waals surface area contributed by atoms with E-state index in [1.165, 1.54) is 17.8 Å². The predicted molar refractivity (Wildman–Crippen MR) is 105 cm³/mol. The van der Waals surface area contributed by atoms with Crippen LogP contribution in [0.2, 0.25) is 0 Å². The van der Waals surface area contributed by atoms with Crippen LogP contribution in [0.15, 0.2) is 59.5 Å². The van der Waals surface area contributed by atoms with Crippen molar-refractivity contribution in [3.05, 3.63) is 81.9 Å². The number of aromatic nitrogens is 2. The summed E-state index contributed by atoms with van der Waals surface area (Å²) in [5.41, 5.74) is 3.35. The summed E-state index contributed by atoms with van der Waals surface area (Å²) in [7, 11) is 1.80. The molecule has 134 valence electrons. The van der Waals surface area contributed by atoms with Crippen molar-refractivity contribution in [3.8, 4) is 0 Å². The van der Waals surface area contributed by atoms with Gasteiger partial charge in [-0.05, 0) is 24.1 Å². The second kappa shape index (κ2) is 8.19. The summed E-state index contributed by atoms with van der Waals surface area (Å²) in [4.78, 5) is 30.7. The molecule has 26 heavy (non-hydrogen) atoms. The maximum Gasteiger partial charge on any atom is 0.258 e. The molecule has 3 rings (SSSR count). The molecule has 1 aromatic carbocycles. The Bertz CT molecular complexity index is 970. The fourth-order valence-electron chi connectivity index (χ4n) is 2.63. The summed E-state index contributed by atoms with van der Waals surface area (Å²) in [6.07, 6.45) is 1.78. The van der Waals surface area contributed by atoms with Gasteiger partial charge in [-0.25, -0.2) is 4.98 Å². The summed E-state index contributed by atoms with van der Waals surface area (Å²) in [6, 6.07) is 15.2. The highest BCUT2D eigenvalue weighted by Gasteiger charge is 2.10. The van der Waals surface area contributed by atoms with E-state index in [0.717, 1.165) is 11.1 Å². The Morgan fingerprint density at radius 1 is 1.19 bits per heavy atom. The van der Waals surface area contributed by atoms with Gasteiger partial charge in [-0.3, -0.25) is 14.0 Å². The molecule has 0 N–H and O–H groups in total. The Hall–Kier alpha value is -2.60. The van der Waals surface area contributed by atoms with Gasteiger partial charge < -0.3 is 4.90 Å². The number of carbonyl (C=O) groups excluding carboxylic acids is 1. The van der Waals surface area contributed by atoms with Crippen LogP contribution in [0, 0.1) is 6.92 Å². The molecule has 0 fully saturated rings. The van der Waals surface area contributed by atoms with Crippen molar-refractivity contribution in [2.75, 3.05) is 12.8 Å². The lowest BCUT2D eigenvalue weighted by Gasteiger charge is -2.17. The van der Waals surface area contributed by atoms with Crippen molar-refractivity contribution in [2.45, 2.75) is 19.2 Å². The maximum atomic E-state index is 12.3. The smallest absolute Gasteiger partial charge is 0.258 e. The van der Waals surface area contributed by atoms with E-state index in [4.69, 9.17) is 0 Å². The molecular weight excluding hydrogens is 346 g/mol. The molecule has 0 saturated heterocycles. The van der Waals surface area contributed by atoms with Crippen LogP contribution < -0.4 is 5.56 Å². The molecule has 0 bridgehead atoms. The number of carbonyl (C=O) groups is 1.